The largest absolute Gasteiger partial charge is 0.356 e. The summed E-state index contributed by atoms with van der Waals surface area (Å²) in [6, 6.07) is 26.0. The van der Waals surface area contributed by atoms with Crippen LogP contribution in [0.2, 0.25) is 0 Å². The van der Waals surface area contributed by atoms with Crippen LogP contribution >= 0.6 is 12.2 Å². The van der Waals surface area contributed by atoms with E-state index in [0.29, 0.717) is 0 Å². The number of hydrogen-bond donors (Lipinski definition) is 1. The highest BCUT2D eigenvalue weighted by Gasteiger charge is 2.20. The van der Waals surface area contributed by atoms with E-state index in [1.54, 1.807) is 0 Å². The molecule has 3 aromatic carbocycles. The zero-order valence-corrected chi connectivity index (χ0v) is 17.2. The predicted octanol–water partition coefficient (Wildman–Crippen LogP) is 4.59. The van der Waals surface area contributed by atoms with Gasteiger partial charge in [-0.05, 0) is 41.0 Å². The topological polar surface area (TPSA) is 18.5 Å². The van der Waals surface area contributed by atoms with Gasteiger partial charge in [0.25, 0.3) is 0 Å². The van der Waals surface area contributed by atoms with Crippen LogP contribution in [0.15, 0.2) is 72.8 Å². The normalized spacial score (nSPS) is 16.1. The molecule has 28 heavy (non-hydrogen) atoms. The number of nitrogens with one attached hydrogen (secondary N) is 1. The zero-order valence-electron chi connectivity index (χ0n) is 16.3. The molecule has 4 heteroatoms. The summed E-state index contributed by atoms with van der Waals surface area (Å²) in [7, 11) is 0. The summed E-state index contributed by atoms with van der Waals surface area (Å²) in [5.41, 5.74) is 2.67. The minimum atomic E-state index is 0.224. The van der Waals surface area contributed by atoms with Gasteiger partial charge < -0.3 is 10.2 Å². The van der Waals surface area contributed by atoms with Gasteiger partial charge in [-0.1, -0.05) is 72.8 Å². The summed E-state index contributed by atoms with van der Waals surface area (Å²) in [5, 5.41) is 7.04. The van der Waals surface area contributed by atoms with Gasteiger partial charge in [0.15, 0.2) is 5.11 Å². The summed E-state index contributed by atoms with van der Waals surface area (Å²) in [4.78, 5) is 4.83. The lowest BCUT2D eigenvalue weighted by Gasteiger charge is -2.37. The van der Waals surface area contributed by atoms with Crippen LogP contribution in [0, 0.1) is 0 Å². The average Bonchev–Trinajstić information content (AvgIpc) is 2.75. The lowest BCUT2D eigenvalue weighted by molar-refractivity contribution is 0.174. The Hall–Kier alpha value is -2.43. The fourth-order valence-electron chi connectivity index (χ4n) is 3.88. The first kappa shape index (κ1) is 18.9. The fourth-order valence-corrected chi connectivity index (χ4v) is 4.24. The first-order valence-corrected chi connectivity index (χ1v) is 10.4. The molecule has 1 heterocycles. The molecular weight excluding hydrogens is 362 g/mol. The van der Waals surface area contributed by atoms with Gasteiger partial charge in [-0.3, -0.25) is 4.90 Å². The van der Waals surface area contributed by atoms with E-state index < -0.39 is 0 Å². The Morgan fingerprint density at radius 3 is 2.36 bits per heavy atom. The van der Waals surface area contributed by atoms with Crippen LogP contribution in [0.3, 0.4) is 0 Å². The molecule has 144 valence electrons. The molecule has 1 unspecified atom stereocenters. The van der Waals surface area contributed by atoms with Crippen LogP contribution in [0.1, 0.15) is 24.1 Å². The number of thiocarbonyl (C=S) groups is 1. The van der Waals surface area contributed by atoms with E-state index >= 15 is 0 Å². The molecule has 1 atom stereocenters. The third kappa shape index (κ3) is 4.34. The Kier molecular flexibility index (Phi) is 5.89. The molecule has 1 aliphatic rings. The molecule has 0 amide bonds. The van der Waals surface area contributed by atoms with Crippen molar-refractivity contribution in [3.63, 3.8) is 0 Å². The van der Waals surface area contributed by atoms with Gasteiger partial charge in [-0.2, -0.15) is 0 Å². The smallest absolute Gasteiger partial charge is 0.169 e. The molecule has 1 aliphatic heterocycles. The quantitative estimate of drug-likeness (QED) is 0.658. The van der Waals surface area contributed by atoms with E-state index in [1.807, 2.05) is 6.07 Å². The number of fused-ring (bicyclic) bond motifs is 1. The van der Waals surface area contributed by atoms with E-state index in [-0.39, 0.29) is 6.04 Å². The summed E-state index contributed by atoms with van der Waals surface area (Å²) in [6.45, 7) is 7.17. The zero-order chi connectivity index (χ0) is 19.3. The Morgan fingerprint density at radius 1 is 0.893 bits per heavy atom. The summed E-state index contributed by atoms with van der Waals surface area (Å²) in [5.74, 6) is 0. The molecule has 1 saturated heterocycles. The third-order valence-corrected chi connectivity index (χ3v) is 5.95. The minimum absolute atomic E-state index is 0.224. The summed E-state index contributed by atoms with van der Waals surface area (Å²) < 4.78 is 0. The Bertz CT molecular complexity index is 927. The molecule has 0 aromatic heterocycles. The number of piperazine rings is 1. The van der Waals surface area contributed by atoms with Gasteiger partial charge in [0.1, 0.15) is 0 Å². The van der Waals surface area contributed by atoms with E-state index in [2.05, 4.69) is 88.8 Å². The number of hydrogen-bond acceptors (Lipinski definition) is 2. The van der Waals surface area contributed by atoms with Crippen LogP contribution in [0.4, 0.5) is 0 Å². The molecule has 3 nitrogen and oxygen atoms in total. The summed E-state index contributed by atoms with van der Waals surface area (Å²) in [6.07, 6.45) is 0. The Morgan fingerprint density at radius 2 is 1.57 bits per heavy atom. The van der Waals surface area contributed by atoms with Crippen molar-refractivity contribution < 1.29 is 0 Å². The second-order valence-corrected chi connectivity index (χ2v) is 7.87. The Balaban J connectivity index is 1.32. The molecule has 1 N–H and O–H groups in total. The maximum Gasteiger partial charge on any atom is 0.169 e. The number of nitrogens with zero attached hydrogens (tertiary/aromatic N) is 2. The lowest BCUT2D eigenvalue weighted by atomic mass is 10.0. The van der Waals surface area contributed by atoms with E-state index in [0.717, 1.165) is 37.8 Å². The van der Waals surface area contributed by atoms with Crippen molar-refractivity contribution in [1.82, 2.24) is 15.1 Å². The van der Waals surface area contributed by atoms with Crippen molar-refractivity contribution in [3.05, 3.63) is 83.9 Å². The molecule has 0 saturated carbocycles. The van der Waals surface area contributed by atoms with Crippen LogP contribution in [0.5, 0.6) is 0 Å². The van der Waals surface area contributed by atoms with E-state index in [1.165, 1.54) is 21.9 Å². The van der Waals surface area contributed by atoms with Crippen LogP contribution in [0.25, 0.3) is 10.8 Å². The van der Waals surface area contributed by atoms with Gasteiger partial charge in [0.2, 0.25) is 0 Å². The second kappa shape index (κ2) is 8.72. The lowest BCUT2D eigenvalue weighted by Crippen LogP contribution is -2.51. The number of rotatable bonds is 4. The van der Waals surface area contributed by atoms with Gasteiger partial charge in [-0.15, -0.1) is 0 Å². The standard InChI is InChI=1S/C24H27N3S/c1-19(20-8-3-2-4-9-20)25-24(28)27-16-14-26(15-17-27)18-22-12-7-11-21-10-5-6-13-23(21)22/h2-13,19H,14-18H2,1H3,(H,25,28). The molecular formula is C24H27N3S. The number of benzene rings is 3. The average molecular weight is 390 g/mol. The molecule has 0 spiro atoms. The molecule has 0 radical (unpaired) electrons. The molecule has 4 rings (SSSR count). The maximum atomic E-state index is 5.68. The highest BCUT2D eigenvalue weighted by molar-refractivity contribution is 7.80. The van der Waals surface area contributed by atoms with Gasteiger partial charge >= 0.3 is 0 Å². The minimum Gasteiger partial charge on any atom is -0.356 e. The highest BCUT2D eigenvalue weighted by Crippen LogP contribution is 2.21. The van der Waals surface area contributed by atoms with Crippen LogP contribution in [-0.4, -0.2) is 41.1 Å². The molecule has 0 bridgehead atoms. The Labute approximate surface area is 173 Å². The van der Waals surface area contributed by atoms with Crippen molar-refractivity contribution in [3.8, 4) is 0 Å². The van der Waals surface area contributed by atoms with Crippen LogP contribution in [-0.2, 0) is 6.54 Å². The SMILES string of the molecule is CC(NC(=S)N1CCN(Cc2cccc3ccccc23)CC1)c1ccccc1. The monoisotopic (exact) mass is 389 g/mol. The van der Waals surface area contributed by atoms with Crippen LogP contribution < -0.4 is 5.32 Å². The van der Waals surface area contributed by atoms with Gasteiger partial charge in [-0.25, -0.2) is 0 Å². The first-order valence-electron chi connectivity index (χ1n) is 10.00. The molecule has 3 aromatic rings. The van der Waals surface area contributed by atoms with Crippen molar-refractivity contribution in [2.24, 2.45) is 0 Å². The van der Waals surface area contributed by atoms with E-state index in [9.17, 15) is 0 Å². The third-order valence-electron chi connectivity index (χ3n) is 5.57. The van der Waals surface area contributed by atoms with E-state index in [4.69, 9.17) is 12.2 Å². The molecule has 1 fully saturated rings. The summed E-state index contributed by atoms with van der Waals surface area (Å²) >= 11 is 5.68. The van der Waals surface area contributed by atoms with Crippen molar-refractivity contribution >= 4 is 28.1 Å². The van der Waals surface area contributed by atoms with Gasteiger partial charge in [0, 0.05) is 32.7 Å². The van der Waals surface area contributed by atoms with Crippen molar-refractivity contribution in [2.75, 3.05) is 26.2 Å². The maximum absolute atomic E-state index is 5.68. The predicted molar refractivity (Wildman–Crippen MR) is 121 cm³/mol. The fraction of sp³-hybridized carbons (Fsp3) is 0.292. The second-order valence-electron chi connectivity index (χ2n) is 7.48. The molecule has 0 aliphatic carbocycles. The van der Waals surface area contributed by atoms with Crippen molar-refractivity contribution in [1.29, 1.82) is 0 Å². The first-order chi connectivity index (χ1) is 13.7. The van der Waals surface area contributed by atoms with Crippen molar-refractivity contribution in [2.45, 2.75) is 19.5 Å². The highest BCUT2D eigenvalue weighted by atomic mass is 32.1. The van der Waals surface area contributed by atoms with Gasteiger partial charge in [0.05, 0.1) is 6.04 Å².